The van der Waals surface area contributed by atoms with E-state index < -0.39 is 5.60 Å². The Bertz CT molecular complexity index is 501. The summed E-state index contributed by atoms with van der Waals surface area (Å²) in [6.45, 7) is 1.87. The highest BCUT2D eigenvalue weighted by molar-refractivity contribution is 5.28. The molecule has 0 fully saturated rings. The molecule has 0 aliphatic carbocycles. The minimum absolute atomic E-state index is 0.698. The molecule has 1 atom stereocenters. The highest BCUT2D eigenvalue weighted by atomic mass is 16.5. The number of ether oxygens (including phenoxy) is 1. The fourth-order valence-corrected chi connectivity index (χ4v) is 2.12. The van der Waals surface area contributed by atoms with Crippen LogP contribution >= 0.6 is 0 Å². The highest BCUT2D eigenvalue weighted by Crippen LogP contribution is 2.26. The molecular weight excluding hydrogens is 236 g/mol. The molecule has 19 heavy (non-hydrogen) atoms. The Kier molecular flexibility index (Phi) is 4.23. The molecule has 2 rings (SSSR count). The summed E-state index contributed by atoms with van der Waals surface area (Å²) in [5.74, 6) is 0.860. The van der Waals surface area contributed by atoms with E-state index >= 15 is 0 Å². The van der Waals surface area contributed by atoms with Crippen molar-refractivity contribution in [3.8, 4) is 5.75 Å². The van der Waals surface area contributed by atoms with Crippen LogP contribution in [0.2, 0.25) is 0 Å². The molecule has 0 aliphatic rings. The van der Waals surface area contributed by atoms with Crippen LogP contribution in [-0.2, 0) is 12.0 Å². The quantitative estimate of drug-likeness (QED) is 0.886. The van der Waals surface area contributed by atoms with E-state index in [1.54, 1.807) is 7.11 Å². The number of benzene rings is 2. The second kappa shape index (κ2) is 5.89. The largest absolute Gasteiger partial charge is 0.497 e. The van der Waals surface area contributed by atoms with Crippen LogP contribution in [0, 0.1) is 0 Å². The predicted molar refractivity (Wildman–Crippen MR) is 77.3 cm³/mol. The van der Waals surface area contributed by atoms with Crippen LogP contribution in [0.1, 0.15) is 24.5 Å². The molecule has 1 N–H and O–H groups in total. The fourth-order valence-electron chi connectivity index (χ4n) is 2.12. The lowest BCUT2D eigenvalue weighted by Crippen LogP contribution is -2.21. The van der Waals surface area contributed by atoms with Gasteiger partial charge >= 0.3 is 0 Å². The Labute approximate surface area is 114 Å². The van der Waals surface area contributed by atoms with Crippen LogP contribution in [0.15, 0.2) is 54.6 Å². The average Bonchev–Trinajstić information content (AvgIpc) is 2.47. The third-order valence-corrected chi connectivity index (χ3v) is 3.46. The number of aliphatic hydroxyl groups is 1. The van der Waals surface area contributed by atoms with Crippen LogP contribution in [-0.4, -0.2) is 12.2 Å². The van der Waals surface area contributed by atoms with Gasteiger partial charge in [0.2, 0.25) is 0 Å². The maximum Gasteiger partial charge on any atom is 0.118 e. The summed E-state index contributed by atoms with van der Waals surface area (Å²) < 4.78 is 5.13. The van der Waals surface area contributed by atoms with E-state index in [2.05, 4.69) is 0 Å². The molecule has 0 unspecified atom stereocenters. The number of hydrogen-bond donors (Lipinski definition) is 1. The third kappa shape index (κ3) is 3.58. The van der Waals surface area contributed by atoms with E-state index in [1.165, 1.54) is 5.56 Å². The molecule has 2 nitrogen and oxygen atoms in total. The van der Waals surface area contributed by atoms with E-state index in [-0.39, 0.29) is 0 Å². The number of aryl methyl sites for hydroxylation is 1. The van der Waals surface area contributed by atoms with Gasteiger partial charge in [0.1, 0.15) is 5.75 Å². The van der Waals surface area contributed by atoms with Crippen molar-refractivity contribution in [1.29, 1.82) is 0 Å². The molecule has 0 aromatic heterocycles. The van der Waals surface area contributed by atoms with Crippen molar-refractivity contribution in [2.45, 2.75) is 25.4 Å². The average molecular weight is 256 g/mol. The van der Waals surface area contributed by atoms with Crippen LogP contribution in [0.4, 0.5) is 0 Å². The molecule has 2 aromatic rings. The van der Waals surface area contributed by atoms with Crippen molar-refractivity contribution in [2.75, 3.05) is 7.11 Å². The topological polar surface area (TPSA) is 29.5 Å². The molecule has 0 bridgehead atoms. The summed E-state index contributed by atoms with van der Waals surface area (Å²) in [6.07, 6.45) is 1.54. The van der Waals surface area contributed by atoms with Crippen LogP contribution in [0.25, 0.3) is 0 Å². The summed E-state index contributed by atoms with van der Waals surface area (Å²) in [5.41, 5.74) is 1.38. The first-order valence-electron chi connectivity index (χ1n) is 6.53. The molecule has 100 valence electrons. The molecule has 2 aromatic carbocycles. The van der Waals surface area contributed by atoms with E-state index in [9.17, 15) is 5.11 Å². The second-order valence-electron chi connectivity index (χ2n) is 4.99. The van der Waals surface area contributed by atoms with Gasteiger partial charge in [0.05, 0.1) is 12.7 Å². The number of rotatable bonds is 5. The van der Waals surface area contributed by atoms with Crippen LogP contribution < -0.4 is 4.74 Å². The van der Waals surface area contributed by atoms with Crippen molar-refractivity contribution in [2.24, 2.45) is 0 Å². The van der Waals surface area contributed by atoms with Crippen LogP contribution in [0.3, 0.4) is 0 Å². The van der Waals surface area contributed by atoms with Crippen molar-refractivity contribution < 1.29 is 9.84 Å². The zero-order chi connectivity index (χ0) is 13.7. The lowest BCUT2D eigenvalue weighted by Gasteiger charge is -2.23. The van der Waals surface area contributed by atoms with Gasteiger partial charge in [-0.25, -0.2) is 0 Å². The Morgan fingerprint density at radius 3 is 2.21 bits per heavy atom. The normalized spacial score (nSPS) is 13.8. The van der Waals surface area contributed by atoms with Gasteiger partial charge in [0, 0.05) is 0 Å². The molecular formula is C17H20O2. The fraction of sp³-hybridized carbons (Fsp3) is 0.294. The Morgan fingerprint density at radius 2 is 1.63 bits per heavy atom. The summed E-state index contributed by atoms with van der Waals surface area (Å²) in [6, 6.07) is 17.8. The molecule has 0 saturated heterocycles. The number of methoxy groups -OCH3 is 1. The number of hydrogen-bond acceptors (Lipinski definition) is 2. The van der Waals surface area contributed by atoms with Gasteiger partial charge in [-0.15, -0.1) is 0 Å². The molecule has 2 heteroatoms. The first-order chi connectivity index (χ1) is 9.12. The van der Waals surface area contributed by atoms with Gasteiger partial charge in [-0.3, -0.25) is 0 Å². The van der Waals surface area contributed by atoms with E-state index in [0.29, 0.717) is 6.42 Å². The highest BCUT2D eigenvalue weighted by Gasteiger charge is 2.22. The summed E-state index contributed by atoms with van der Waals surface area (Å²) in [4.78, 5) is 0. The van der Waals surface area contributed by atoms with Crippen molar-refractivity contribution in [3.05, 3.63) is 65.7 Å². The van der Waals surface area contributed by atoms with Gasteiger partial charge in [0.15, 0.2) is 0 Å². The minimum atomic E-state index is -0.790. The van der Waals surface area contributed by atoms with Crippen molar-refractivity contribution in [1.82, 2.24) is 0 Å². The standard InChI is InChI=1S/C17H20O2/c1-17(18,15-6-4-3-5-7-15)13-12-14-8-10-16(19-2)11-9-14/h3-11,18H,12-13H2,1-2H3/t17-/m0/s1. The van der Waals surface area contributed by atoms with E-state index in [0.717, 1.165) is 17.7 Å². The first kappa shape index (κ1) is 13.6. The van der Waals surface area contributed by atoms with Gasteiger partial charge < -0.3 is 9.84 Å². The molecule has 0 amide bonds. The van der Waals surface area contributed by atoms with Crippen molar-refractivity contribution >= 4 is 0 Å². The zero-order valence-electron chi connectivity index (χ0n) is 11.5. The molecule has 0 aliphatic heterocycles. The van der Waals surface area contributed by atoms with Gasteiger partial charge in [-0.1, -0.05) is 42.5 Å². The van der Waals surface area contributed by atoms with Crippen molar-refractivity contribution in [3.63, 3.8) is 0 Å². The first-order valence-corrected chi connectivity index (χ1v) is 6.53. The molecule has 0 spiro atoms. The molecule has 0 radical (unpaired) electrons. The lowest BCUT2D eigenvalue weighted by molar-refractivity contribution is 0.0480. The summed E-state index contributed by atoms with van der Waals surface area (Å²) >= 11 is 0. The van der Waals surface area contributed by atoms with Gasteiger partial charge in [0.25, 0.3) is 0 Å². The smallest absolute Gasteiger partial charge is 0.118 e. The Hall–Kier alpha value is -1.80. The zero-order valence-corrected chi connectivity index (χ0v) is 11.5. The van der Waals surface area contributed by atoms with E-state index in [1.807, 2.05) is 61.5 Å². The van der Waals surface area contributed by atoms with Gasteiger partial charge in [-0.05, 0) is 43.0 Å². The summed E-state index contributed by atoms with van der Waals surface area (Å²) in [5, 5.41) is 10.5. The minimum Gasteiger partial charge on any atom is -0.497 e. The van der Waals surface area contributed by atoms with Crippen LogP contribution in [0.5, 0.6) is 5.75 Å². The van der Waals surface area contributed by atoms with E-state index in [4.69, 9.17) is 4.74 Å². The SMILES string of the molecule is COc1ccc(CC[C@](C)(O)c2ccccc2)cc1. The Morgan fingerprint density at radius 1 is 1.00 bits per heavy atom. The maximum atomic E-state index is 10.5. The third-order valence-electron chi connectivity index (χ3n) is 3.46. The maximum absolute atomic E-state index is 10.5. The molecule has 0 saturated carbocycles. The second-order valence-corrected chi connectivity index (χ2v) is 4.99. The summed E-state index contributed by atoms with van der Waals surface area (Å²) in [7, 11) is 1.66. The Balaban J connectivity index is 2.01. The van der Waals surface area contributed by atoms with Gasteiger partial charge in [-0.2, -0.15) is 0 Å². The lowest BCUT2D eigenvalue weighted by atomic mass is 9.89. The monoisotopic (exact) mass is 256 g/mol. The molecule has 0 heterocycles. The predicted octanol–water partition coefficient (Wildman–Crippen LogP) is 3.54.